The lowest BCUT2D eigenvalue weighted by molar-refractivity contribution is -0.119. The first-order chi connectivity index (χ1) is 6.52. The fourth-order valence-corrected chi connectivity index (χ4v) is 1.42. The second kappa shape index (κ2) is 4.47. The van der Waals surface area contributed by atoms with Crippen molar-refractivity contribution in [3.63, 3.8) is 0 Å². The number of amides is 1. The van der Waals surface area contributed by atoms with Gasteiger partial charge in [0.25, 0.3) is 0 Å². The van der Waals surface area contributed by atoms with Gasteiger partial charge in [0.05, 0.1) is 0 Å². The summed E-state index contributed by atoms with van der Waals surface area (Å²) in [5, 5.41) is 0.719. The van der Waals surface area contributed by atoms with Crippen LogP contribution < -0.4 is 5.73 Å². The number of rotatable bonds is 4. The van der Waals surface area contributed by atoms with E-state index >= 15 is 0 Å². The lowest BCUT2D eigenvalue weighted by Crippen LogP contribution is -2.14. The molecule has 1 aliphatic rings. The summed E-state index contributed by atoms with van der Waals surface area (Å²) in [6.07, 6.45) is 6.33. The molecule has 0 aromatic carbocycles. The summed E-state index contributed by atoms with van der Waals surface area (Å²) in [5.74, 6) is 0.00891. The third-order valence-corrected chi connectivity index (χ3v) is 2.39. The van der Waals surface area contributed by atoms with Gasteiger partial charge in [0, 0.05) is 11.0 Å². The van der Waals surface area contributed by atoms with Crippen LogP contribution in [0.1, 0.15) is 13.3 Å². The molecule has 2 N–H and O–H groups in total. The van der Waals surface area contributed by atoms with Crippen LogP contribution in [-0.4, -0.2) is 5.91 Å². The lowest BCUT2D eigenvalue weighted by atomic mass is 10.1. The van der Waals surface area contributed by atoms with Crippen molar-refractivity contribution in [3.05, 3.63) is 35.4 Å². The summed E-state index contributed by atoms with van der Waals surface area (Å²) in [5.41, 5.74) is 6.11. The third kappa shape index (κ3) is 3.04. The molecular formula is C11H14ClNO. The summed E-state index contributed by atoms with van der Waals surface area (Å²) >= 11 is 5.64. The molecule has 0 spiro atoms. The van der Waals surface area contributed by atoms with Gasteiger partial charge in [0.15, 0.2) is 0 Å². The monoisotopic (exact) mass is 211 g/mol. The van der Waals surface area contributed by atoms with Crippen molar-refractivity contribution >= 4 is 17.5 Å². The summed E-state index contributed by atoms with van der Waals surface area (Å²) in [4.78, 5) is 10.8. The number of halogens is 1. The Morgan fingerprint density at radius 2 is 2.21 bits per heavy atom. The molecule has 1 amide bonds. The molecule has 3 heteroatoms. The van der Waals surface area contributed by atoms with Crippen LogP contribution in [0.4, 0.5) is 0 Å². The fourth-order valence-electron chi connectivity index (χ4n) is 1.35. The summed E-state index contributed by atoms with van der Waals surface area (Å²) in [7, 11) is 0. The Bertz CT molecular complexity index is 313. The van der Waals surface area contributed by atoms with Crippen molar-refractivity contribution in [2.45, 2.75) is 13.3 Å². The summed E-state index contributed by atoms with van der Waals surface area (Å²) in [6.45, 7) is 5.68. The Hall–Kier alpha value is -1.02. The molecule has 1 saturated carbocycles. The summed E-state index contributed by atoms with van der Waals surface area (Å²) in [6, 6.07) is 0. The van der Waals surface area contributed by atoms with Gasteiger partial charge in [-0.1, -0.05) is 35.9 Å². The number of allylic oxidation sites excluding steroid dienone is 5. The average molecular weight is 212 g/mol. The smallest absolute Gasteiger partial charge is 0.221 e. The molecule has 0 aromatic rings. The average Bonchev–Trinajstić information content (AvgIpc) is 2.81. The molecule has 1 fully saturated rings. The molecule has 76 valence electrons. The van der Waals surface area contributed by atoms with Crippen LogP contribution in [0.2, 0.25) is 0 Å². The molecule has 1 aliphatic carbocycles. The van der Waals surface area contributed by atoms with Gasteiger partial charge in [-0.25, -0.2) is 0 Å². The Labute approximate surface area is 89.1 Å². The zero-order valence-electron chi connectivity index (χ0n) is 8.16. The van der Waals surface area contributed by atoms with Gasteiger partial charge >= 0.3 is 0 Å². The van der Waals surface area contributed by atoms with Crippen LogP contribution in [0, 0.1) is 11.8 Å². The van der Waals surface area contributed by atoms with Crippen LogP contribution in [-0.2, 0) is 4.79 Å². The van der Waals surface area contributed by atoms with Crippen LogP contribution >= 0.6 is 11.6 Å². The molecule has 0 saturated heterocycles. The van der Waals surface area contributed by atoms with E-state index in [0.29, 0.717) is 0 Å². The van der Waals surface area contributed by atoms with Crippen LogP contribution in [0.3, 0.4) is 0 Å². The third-order valence-electron chi connectivity index (χ3n) is 2.27. The highest BCUT2D eigenvalue weighted by atomic mass is 35.5. The molecule has 14 heavy (non-hydrogen) atoms. The topological polar surface area (TPSA) is 43.1 Å². The molecule has 0 heterocycles. The molecule has 2 atom stereocenters. The van der Waals surface area contributed by atoms with E-state index in [4.69, 9.17) is 17.3 Å². The van der Waals surface area contributed by atoms with Crippen molar-refractivity contribution in [1.82, 2.24) is 0 Å². The minimum absolute atomic E-state index is 0.00627. The van der Waals surface area contributed by atoms with Gasteiger partial charge < -0.3 is 5.73 Å². The maximum Gasteiger partial charge on any atom is 0.221 e. The van der Waals surface area contributed by atoms with Gasteiger partial charge in [-0.3, -0.25) is 4.79 Å². The highest BCUT2D eigenvalue weighted by Gasteiger charge is 2.42. The number of hydrogen-bond acceptors (Lipinski definition) is 1. The Kier molecular flexibility index (Phi) is 3.53. The molecule has 0 bridgehead atoms. The normalized spacial score (nSPS) is 26.6. The van der Waals surface area contributed by atoms with Gasteiger partial charge in [-0.05, 0) is 25.3 Å². The SMILES string of the molecule is C=C(/C=C\C=C(/C)Cl)[C@H]1C[C@@H]1C(N)=O. The van der Waals surface area contributed by atoms with Crippen molar-refractivity contribution < 1.29 is 4.79 Å². The van der Waals surface area contributed by atoms with E-state index in [1.807, 2.05) is 12.2 Å². The van der Waals surface area contributed by atoms with Crippen LogP contribution in [0.15, 0.2) is 35.4 Å². The van der Waals surface area contributed by atoms with Gasteiger partial charge in [0.2, 0.25) is 5.91 Å². The zero-order valence-corrected chi connectivity index (χ0v) is 8.92. The molecule has 0 aliphatic heterocycles. The Morgan fingerprint density at radius 1 is 1.57 bits per heavy atom. The second-order valence-electron chi connectivity index (χ2n) is 3.54. The Balaban J connectivity index is 2.42. The maximum absolute atomic E-state index is 10.8. The highest BCUT2D eigenvalue weighted by Crippen LogP contribution is 2.43. The van der Waals surface area contributed by atoms with E-state index in [1.165, 1.54) is 0 Å². The Morgan fingerprint density at radius 3 is 2.64 bits per heavy atom. The maximum atomic E-state index is 10.8. The van der Waals surface area contributed by atoms with E-state index in [1.54, 1.807) is 13.0 Å². The molecule has 0 unspecified atom stereocenters. The standard InChI is InChI=1S/C11H14ClNO/c1-7(4-3-5-8(2)12)9-6-10(9)11(13)14/h3-5,9-10H,1,6H2,2H3,(H2,13,14)/b4-3-,8-5+/t9-,10+/m1/s1. The first-order valence-electron chi connectivity index (χ1n) is 4.51. The van der Waals surface area contributed by atoms with E-state index in [2.05, 4.69) is 6.58 Å². The number of hydrogen-bond donors (Lipinski definition) is 1. The first-order valence-corrected chi connectivity index (χ1v) is 4.88. The van der Waals surface area contributed by atoms with E-state index in [0.717, 1.165) is 17.0 Å². The summed E-state index contributed by atoms with van der Waals surface area (Å²) < 4.78 is 0. The molecule has 0 radical (unpaired) electrons. The predicted molar refractivity (Wildman–Crippen MR) is 58.7 cm³/mol. The van der Waals surface area contributed by atoms with E-state index in [9.17, 15) is 4.79 Å². The minimum atomic E-state index is -0.228. The van der Waals surface area contributed by atoms with E-state index < -0.39 is 0 Å². The lowest BCUT2D eigenvalue weighted by Gasteiger charge is -1.94. The van der Waals surface area contributed by atoms with Crippen LogP contribution in [0.5, 0.6) is 0 Å². The van der Waals surface area contributed by atoms with Crippen LogP contribution in [0.25, 0.3) is 0 Å². The van der Waals surface area contributed by atoms with Crippen molar-refractivity contribution in [2.75, 3.05) is 0 Å². The second-order valence-corrected chi connectivity index (χ2v) is 4.13. The molecule has 0 aromatic heterocycles. The predicted octanol–water partition coefficient (Wildman–Crippen LogP) is 2.36. The quantitative estimate of drug-likeness (QED) is 0.713. The van der Waals surface area contributed by atoms with Crippen molar-refractivity contribution in [1.29, 1.82) is 0 Å². The molecular weight excluding hydrogens is 198 g/mol. The number of nitrogens with two attached hydrogens (primary N) is 1. The number of carbonyl (C=O) groups is 1. The van der Waals surface area contributed by atoms with Gasteiger partial charge in [-0.2, -0.15) is 0 Å². The minimum Gasteiger partial charge on any atom is -0.369 e. The van der Waals surface area contributed by atoms with Crippen molar-refractivity contribution in [2.24, 2.45) is 17.6 Å². The van der Waals surface area contributed by atoms with Crippen molar-refractivity contribution in [3.8, 4) is 0 Å². The zero-order chi connectivity index (χ0) is 10.7. The number of carbonyl (C=O) groups excluding carboxylic acids is 1. The first kappa shape index (κ1) is 11.1. The fraction of sp³-hybridized carbons (Fsp3) is 0.364. The van der Waals surface area contributed by atoms with E-state index in [-0.39, 0.29) is 17.7 Å². The highest BCUT2D eigenvalue weighted by molar-refractivity contribution is 6.29. The van der Waals surface area contributed by atoms with Gasteiger partial charge in [0.1, 0.15) is 0 Å². The van der Waals surface area contributed by atoms with Gasteiger partial charge in [-0.15, -0.1) is 0 Å². The molecule has 2 nitrogen and oxygen atoms in total. The number of primary amides is 1. The molecule has 1 rings (SSSR count). The largest absolute Gasteiger partial charge is 0.369 e.